The Hall–Kier alpha value is -3.19. The fraction of sp³-hybridized carbons (Fsp3) is 0.423. The Morgan fingerprint density at radius 3 is 2.64 bits per heavy atom. The van der Waals surface area contributed by atoms with Crippen molar-refractivity contribution < 1.29 is 19.0 Å². The molecular formula is C26H29N3O4. The van der Waals surface area contributed by atoms with E-state index in [0.717, 1.165) is 49.5 Å². The highest BCUT2D eigenvalue weighted by Crippen LogP contribution is 2.41. The number of nitrogens with zero attached hydrogens (tertiary/aromatic N) is 3. The first-order valence-corrected chi connectivity index (χ1v) is 11.7. The summed E-state index contributed by atoms with van der Waals surface area (Å²) < 4.78 is 19.4. The predicted octanol–water partition coefficient (Wildman–Crippen LogP) is 4.11. The Labute approximate surface area is 193 Å². The van der Waals surface area contributed by atoms with Crippen LogP contribution in [0.5, 0.6) is 17.2 Å². The van der Waals surface area contributed by atoms with E-state index in [1.54, 1.807) is 14.2 Å². The lowest BCUT2D eigenvalue weighted by molar-refractivity contribution is 0.0143. The van der Waals surface area contributed by atoms with Gasteiger partial charge in [-0.1, -0.05) is 23.4 Å². The summed E-state index contributed by atoms with van der Waals surface area (Å²) in [6.45, 7) is 3.55. The number of rotatable bonds is 5. The zero-order chi connectivity index (χ0) is 22.4. The Morgan fingerprint density at radius 1 is 1.03 bits per heavy atom. The van der Waals surface area contributed by atoms with Crippen molar-refractivity contribution in [1.82, 2.24) is 9.47 Å². The minimum atomic E-state index is 0.00482. The summed E-state index contributed by atoms with van der Waals surface area (Å²) in [4.78, 5) is 8.44. The molecule has 2 aromatic carbocycles. The first-order chi connectivity index (χ1) is 16.2. The van der Waals surface area contributed by atoms with E-state index < -0.39 is 0 Å². The summed E-state index contributed by atoms with van der Waals surface area (Å²) in [5.41, 5.74) is 3.22. The first kappa shape index (κ1) is 20.4. The van der Waals surface area contributed by atoms with Crippen LogP contribution in [0.15, 0.2) is 53.8 Å². The lowest BCUT2D eigenvalue weighted by Gasteiger charge is -2.35. The minimum Gasteiger partial charge on any atom is -0.493 e. The lowest BCUT2D eigenvalue weighted by Crippen LogP contribution is -2.44. The van der Waals surface area contributed by atoms with Crippen LogP contribution in [0.4, 0.5) is 0 Å². The maximum Gasteiger partial charge on any atom is 0.164 e. The molecule has 0 bridgehead atoms. The van der Waals surface area contributed by atoms with Crippen molar-refractivity contribution in [2.75, 3.05) is 40.5 Å². The van der Waals surface area contributed by atoms with E-state index in [0.29, 0.717) is 24.1 Å². The number of aromatic nitrogens is 1. The molecule has 33 heavy (non-hydrogen) atoms. The van der Waals surface area contributed by atoms with Gasteiger partial charge in [-0.2, -0.15) is 0 Å². The summed E-state index contributed by atoms with van der Waals surface area (Å²) in [6.07, 6.45) is 4.52. The minimum absolute atomic E-state index is 0.00482. The quantitative estimate of drug-likeness (QED) is 0.589. The smallest absolute Gasteiger partial charge is 0.164 e. The molecule has 3 aliphatic rings. The van der Waals surface area contributed by atoms with E-state index in [1.165, 1.54) is 10.9 Å². The van der Waals surface area contributed by atoms with Crippen LogP contribution in [0, 0.1) is 5.92 Å². The molecule has 0 radical (unpaired) electrons. The second kappa shape index (κ2) is 8.30. The molecule has 7 heteroatoms. The molecule has 1 saturated heterocycles. The third kappa shape index (κ3) is 3.51. The van der Waals surface area contributed by atoms with Crippen molar-refractivity contribution in [2.24, 2.45) is 11.1 Å². The number of fused-ring (bicyclic) bond motifs is 4. The van der Waals surface area contributed by atoms with Crippen LogP contribution >= 0.6 is 0 Å². The van der Waals surface area contributed by atoms with E-state index >= 15 is 0 Å². The van der Waals surface area contributed by atoms with Gasteiger partial charge in [0.25, 0.3) is 0 Å². The highest BCUT2D eigenvalue weighted by Gasteiger charge is 2.41. The Morgan fingerprint density at radius 2 is 1.82 bits per heavy atom. The lowest BCUT2D eigenvalue weighted by atomic mass is 9.89. The molecule has 4 heterocycles. The van der Waals surface area contributed by atoms with Crippen molar-refractivity contribution in [3.05, 3.63) is 54.2 Å². The molecule has 0 N–H and O–H groups in total. The molecule has 0 spiro atoms. The Bertz CT molecular complexity index is 1200. The standard InChI is InChI=1S/C26H29N3O4/c1-30-23-13-19-22(14-24(23)31-2)32-16-20-25(33-27-26(19)20)15-28-10-8-18(9-11-28)29-12-7-17-5-3-4-6-21(17)29/h3-7,12-14,18,20,25H,8-11,15-16H2,1-2H3. The van der Waals surface area contributed by atoms with Crippen molar-refractivity contribution in [2.45, 2.75) is 25.0 Å². The van der Waals surface area contributed by atoms with E-state index in [9.17, 15) is 0 Å². The highest BCUT2D eigenvalue weighted by atomic mass is 16.6. The third-order valence-electron chi connectivity index (χ3n) is 7.28. The van der Waals surface area contributed by atoms with Crippen LogP contribution in [-0.4, -0.2) is 61.7 Å². The van der Waals surface area contributed by atoms with Gasteiger partial charge in [-0.3, -0.25) is 4.90 Å². The van der Waals surface area contributed by atoms with Crippen molar-refractivity contribution >= 4 is 16.6 Å². The van der Waals surface area contributed by atoms with Gasteiger partial charge >= 0.3 is 0 Å². The van der Waals surface area contributed by atoms with Gasteiger partial charge < -0.3 is 23.6 Å². The number of benzene rings is 2. The summed E-state index contributed by atoms with van der Waals surface area (Å²) in [7, 11) is 3.27. The molecule has 3 aliphatic heterocycles. The van der Waals surface area contributed by atoms with Gasteiger partial charge in [0.2, 0.25) is 0 Å². The Balaban J connectivity index is 1.11. The molecule has 2 atom stereocenters. The monoisotopic (exact) mass is 447 g/mol. The Kier molecular flexibility index (Phi) is 5.14. The molecule has 0 aliphatic carbocycles. The number of para-hydroxylation sites is 1. The number of hydrogen-bond acceptors (Lipinski definition) is 6. The van der Waals surface area contributed by atoms with Crippen LogP contribution in [0.1, 0.15) is 24.4 Å². The number of likely N-dealkylation sites (tertiary alicyclic amines) is 1. The number of methoxy groups -OCH3 is 2. The molecule has 7 nitrogen and oxygen atoms in total. The van der Waals surface area contributed by atoms with Crippen LogP contribution in [0.3, 0.4) is 0 Å². The van der Waals surface area contributed by atoms with E-state index in [1.807, 2.05) is 12.1 Å². The maximum absolute atomic E-state index is 6.09. The van der Waals surface area contributed by atoms with Crippen molar-refractivity contribution in [3.8, 4) is 17.2 Å². The number of hydrogen-bond donors (Lipinski definition) is 0. The number of piperidine rings is 1. The maximum atomic E-state index is 6.09. The summed E-state index contributed by atoms with van der Waals surface area (Å²) in [6, 6.07) is 15.2. The predicted molar refractivity (Wildman–Crippen MR) is 127 cm³/mol. The summed E-state index contributed by atoms with van der Waals surface area (Å²) in [5, 5.41) is 5.79. The molecule has 0 amide bonds. The normalized spacial score (nSPS) is 22.8. The fourth-order valence-electron chi connectivity index (χ4n) is 5.45. The van der Waals surface area contributed by atoms with Gasteiger partial charge in [0.1, 0.15) is 18.1 Å². The third-order valence-corrected chi connectivity index (χ3v) is 7.28. The van der Waals surface area contributed by atoms with E-state index in [2.05, 4.69) is 51.2 Å². The summed E-state index contributed by atoms with van der Waals surface area (Å²) >= 11 is 0. The average Bonchev–Trinajstić information content (AvgIpc) is 3.48. The molecule has 2 unspecified atom stereocenters. The molecule has 6 rings (SSSR count). The number of oxime groups is 1. The largest absolute Gasteiger partial charge is 0.493 e. The molecule has 172 valence electrons. The van der Waals surface area contributed by atoms with Gasteiger partial charge in [-0.05, 0) is 36.4 Å². The van der Waals surface area contributed by atoms with Gasteiger partial charge in [-0.25, -0.2) is 0 Å². The second-order valence-electron chi connectivity index (χ2n) is 9.05. The second-order valence-corrected chi connectivity index (χ2v) is 9.05. The van der Waals surface area contributed by atoms with Crippen LogP contribution in [0.2, 0.25) is 0 Å². The highest BCUT2D eigenvalue weighted by molar-refractivity contribution is 6.06. The van der Waals surface area contributed by atoms with Crippen LogP contribution < -0.4 is 14.2 Å². The van der Waals surface area contributed by atoms with E-state index in [-0.39, 0.29) is 12.0 Å². The van der Waals surface area contributed by atoms with E-state index in [4.69, 9.17) is 19.0 Å². The number of ether oxygens (including phenoxy) is 3. The van der Waals surface area contributed by atoms with Gasteiger partial charge in [0.15, 0.2) is 17.6 Å². The average molecular weight is 448 g/mol. The van der Waals surface area contributed by atoms with Gasteiger partial charge in [0, 0.05) is 49.0 Å². The molecule has 1 aromatic heterocycles. The first-order valence-electron chi connectivity index (χ1n) is 11.7. The summed E-state index contributed by atoms with van der Waals surface area (Å²) in [5.74, 6) is 2.23. The zero-order valence-electron chi connectivity index (χ0n) is 19.1. The van der Waals surface area contributed by atoms with Crippen molar-refractivity contribution in [3.63, 3.8) is 0 Å². The molecule has 1 fully saturated rings. The topological polar surface area (TPSA) is 57.5 Å². The SMILES string of the molecule is COc1cc2c(cc1OC)C1=NOC(CN3CCC(n4ccc5ccccc54)CC3)C1CO2. The van der Waals surface area contributed by atoms with Gasteiger partial charge in [0.05, 0.1) is 20.1 Å². The van der Waals surface area contributed by atoms with Crippen LogP contribution in [-0.2, 0) is 4.84 Å². The molecule has 3 aromatic rings. The fourth-order valence-corrected chi connectivity index (χ4v) is 5.45. The molecular weight excluding hydrogens is 418 g/mol. The van der Waals surface area contributed by atoms with Gasteiger partial charge in [-0.15, -0.1) is 0 Å². The van der Waals surface area contributed by atoms with Crippen LogP contribution in [0.25, 0.3) is 10.9 Å². The van der Waals surface area contributed by atoms with Crippen molar-refractivity contribution in [1.29, 1.82) is 0 Å². The molecule has 0 saturated carbocycles. The zero-order valence-corrected chi connectivity index (χ0v) is 19.1.